The fourth-order valence-electron chi connectivity index (χ4n) is 2.67. The Morgan fingerprint density at radius 2 is 1.64 bits per heavy atom. The highest BCUT2D eigenvalue weighted by atomic mass is 35.5. The Balaban J connectivity index is 1.98. The van der Waals surface area contributed by atoms with Gasteiger partial charge in [0.1, 0.15) is 17.9 Å². The Bertz CT molecular complexity index is 985. The van der Waals surface area contributed by atoms with Crippen LogP contribution in [-0.2, 0) is 16.7 Å². The lowest BCUT2D eigenvalue weighted by molar-refractivity contribution is 0.0445. The van der Waals surface area contributed by atoms with Crippen molar-refractivity contribution in [2.45, 2.75) is 12.0 Å². The average molecular weight is 423 g/mol. The number of esters is 1. The predicted octanol–water partition coefficient (Wildman–Crippen LogP) is 6.36. The maximum atomic E-state index is 14.0. The summed E-state index contributed by atoms with van der Waals surface area (Å²) in [6.45, 7) is -0.134. The van der Waals surface area contributed by atoms with E-state index in [4.69, 9.17) is 27.9 Å². The highest BCUT2D eigenvalue weighted by Crippen LogP contribution is 2.41. The molecule has 0 aliphatic heterocycles. The van der Waals surface area contributed by atoms with Crippen LogP contribution in [0.2, 0.25) is 5.02 Å². The molecule has 0 aliphatic rings. The summed E-state index contributed by atoms with van der Waals surface area (Å²) >= 11 is 11.0. The number of hydrogen-bond acceptors (Lipinski definition) is 3. The van der Waals surface area contributed by atoms with E-state index in [1.165, 1.54) is 6.07 Å². The molecule has 3 rings (SSSR count). The number of ether oxygens (including phenoxy) is 1. The lowest BCUT2D eigenvalue weighted by Crippen LogP contribution is -2.15. The SMILES string of the molecule is O=C(OCc1ccccc1)c1c(O)cc(-c2ccc(Cl)cc2)cc1C(F)(F)Cl. The van der Waals surface area contributed by atoms with Crippen LogP contribution in [0.15, 0.2) is 66.7 Å². The van der Waals surface area contributed by atoms with Gasteiger partial charge < -0.3 is 9.84 Å². The molecule has 7 heteroatoms. The van der Waals surface area contributed by atoms with Gasteiger partial charge >= 0.3 is 11.4 Å². The topological polar surface area (TPSA) is 46.5 Å². The molecule has 0 saturated carbocycles. The molecule has 0 spiro atoms. The molecule has 0 atom stereocenters. The fourth-order valence-corrected chi connectivity index (χ4v) is 2.94. The first-order chi connectivity index (χ1) is 13.3. The standard InChI is InChI=1S/C21H14Cl2F2O3/c22-16-8-6-14(7-9-16)15-10-17(21(23,24)25)19(18(26)11-15)20(27)28-12-13-4-2-1-3-5-13/h1-11,26H,12H2. The van der Waals surface area contributed by atoms with Gasteiger partial charge in [0.25, 0.3) is 0 Å². The third-order valence-electron chi connectivity index (χ3n) is 4.02. The van der Waals surface area contributed by atoms with Gasteiger partial charge in [-0.05, 0) is 52.6 Å². The molecule has 3 aromatic carbocycles. The smallest absolute Gasteiger partial charge is 0.349 e. The molecule has 0 saturated heterocycles. The Morgan fingerprint density at radius 1 is 1.00 bits per heavy atom. The summed E-state index contributed by atoms with van der Waals surface area (Å²) in [4.78, 5) is 12.4. The predicted molar refractivity (Wildman–Crippen MR) is 104 cm³/mol. The number of halogens is 4. The normalized spacial score (nSPS) is 11.3. The van der Waals surface area contributed by atoms with Crippen molar-refractivity contribution < 1.29 is 23.4 Å². The van der Waals surface area contributed by atoms with Gasteiger partial charge in [0.15, 0.2) is 0 Å². The van der Waals surface area contributed by atoms with Crippen LogP contribution in [0.25, 0.3) is 11.1 Å². The number of hydrogen-bond donors (Lipinski definition) is 1. The molecule has 3 nitrogen and oxygen atoms in total. The minimum atomic E-state index is -3.89. The van der Waals surface area contributed by atoms with E-state index in [9.17, 15) is 18.7 Å². The maximum absolute atomic E-state index is 14.0. The quantitative estimate of drug-likeness (QED) is 0.384. The van der Waals surface area contributed by atoms with Gasteiger partial charge in [-0.2, -0.15) is 8.78 Å². The van der Waals surface area contributed by atoms with Crippen molar-refractivity contribution in [2.75, 3.05) is 0 Å². The van der Waals surface area contributed by atoms with E-state index in [2.05, 4.69) is 0 Å². The Labute approximate surface area is 170 Å². The number of carbonyl (C=O) groups excluding carboxylic acids is 1. The number of aromatic hydroxyl groups is 1. The molecular formula is C21H14Cl2F2O3. The largest absolute Gasteiger partial charge is 0.507 e. The molecule has 0 unspecified atom stereocenters. The molecule has 0 radical (unpaired) electrons. The zero-order valence-corrected chi connectivity index (χ0v) is 15.8. The van der Waals surface area contributed by atoms with Gasteiger partial charge in [-0.1, -0.05) is 54.1 Å². The molecule has 0 fully saturated rings. The number of phenolic OH excluding ortho intramolecular Hbond substituents is 1. The van der Waals surface area contributed by atoms with E-state index < -0.39 is 28.2 Å². The second-order valence-electron chi connectivity index (χ2n) is 5.98. The zero-order valence-electron chi connectivity index (χ0n) is 14.3. The van der Waals surface area contributed by atoms with Crippen LogP contribution in [0.4, 0.5) is 8.78 Å². The van der Waals surface area contributed by atoms with Crippen molar-refractivity contribution >= 4 is 29.2 Å². The molecule has 144 valence electrons. The highest BCUT2D eigenvalue weighted by Gasteiger charge is 2.36. The van der Waals surface area contributed by atoms with Crippen molar-refractivity contribution in [3.8, 4) is 16.9 Å². The average Bonchev–Trinajstić information content (AvgIpc) is 2.66. The van der Waals surface area contributed by atoms with Crippen molar-refractivity contribution in [3.05, 3.63) is 88.4 Å². The first-order valence-corrected chi connectivity index (χ1v) is 8.92. The lowest BCUT2D eigenvalue weighted by atomic mass is 9.98. The summed E-state index contributed by atoms with van der Waals surface area (Å²) in [6.07, 6.45) is 0. The van der Waals surface area contributed by atoms with E-state index in [0.717, 1.165) is 6.07 Å². The molecule has 0 bridgehead atoms. The van der Waals surface area contributed by atoms with Crippen LogP contribution in [0.3, 0.4) is 0 Å². The van der Waals surface area contributed by atoms with Crippen LogP contribution < -0.4 is 0 Å². The van der Waals surface area contributed by atoms with Gasteiger partial charge in [-0.15, -0.1) is 0 Å². The Hall–Kier alpha value is -2.63. The summed E-state index contributed by atoms with van der Waals surface area (Å²) in [5, 5.41) is 6.88. The molecular weight excluding hydrogens is 409 g/mol. The van der Waals surface area contributed by atoms with Crippen molar-refractivity contribution in [2.24, 2.45) is 0 Å². The van der Waals surface area contributed by atoms with Crippen LogP contribution >= 0.6 is 23.2 Å². The third-order valence-corrected chi connectivity index (χ3v) is 4.47. The van der Waals surface area contributed by atoms with Gasteiger partial charge in [0.2, 0.25) is 0 Å². The minimum Gasteiger partial charge on any atom is -0.507 e. The van der Waals surface area contributed by atoms with Gasteiger partial charge in [0, 0.05) is 5.02 Å². The van der Waals surface area contributed by atoms with Crippen LogP contribution in [0.5, 0.6) is 5.75 Å². The van der Waals surface area contributed by atoms with E-state index in [1.54, 1.807) is 54.6 Å². The van der Waals surface area contributed by atoms with Crippen LogP contribution in [-0.4, -0.2) is 11.1 Å². The number of alkyl halides is 3. The van der Waals surface area contributed by atoms with Crippen molar-refractivity contribution in [1.29, 1.82) is 0 Å². The maximum Gasteiger partial charge on any atom is 0.349 e. The number of rotatable bonds is 5. The lowest BCUT2D eigenvalue weighted by Gasteiger charge is -2.17. The molecule has 0 aromatic heterocycles. The number of carbonyl (C=O) groups is 1. The monoisotopic (exact) mass is 422 g/mol. The molecule has 3 aromatic rings. The molecule has 1 N–H and O–H groups in total. The summed E-state index contributed by atoms with van der Waals surface area (Å²) < 4.78 is 33.1. The van der Waals surface area contributed by atoms with E-state index in [-0.39, 0.29) is 12.2 Å². The van der Waals surface area contributed by atoms with Crippen LogP contribution in [0.1, 0.15) is 21.5 Å². The first kappa shape index (κ1) is 20.1. The zero-order chi connectivity index (χ0) is 20.3. The first-order valence-electron chi connectivity index (χ1n) is 8.17. The molecule has 0 amide bonds. The molecule has 0 heterocycles. The fraction of sp³-hybridized carbons (Fsp3) is 0.0952. The molecule has 28 heavy (non-hydrogen) atoms. The Kier molecular flexibility index (Phi) is 5.87. The van der Waals surface area contributed by atoms with Gasteiger partial charge in [-0.25, -0.2) is 4.79 Å². The number of phenols is 1. The highest BCUT2D eigenvalue weighted by molar-refractivity contribution is 6.30. The van der Waals surface area contributed by atoms with Crippen molar-refractivity contribution in [3.63, 3.8) is 0 Å². The number of benzene rings is 3. The Morgan fingerprint density at radius 3 is 2.25 bits per heavy atom. The second kappa shape index (κ2) is 8.17. The van der Waals surface area contributed by atoms with Gasteiger partial charge in [-0.3, -0.25) is 0 Å². The summed E-state index contributed by atoms with van der Waals surface area (Å²) in [7, 11) is 0. The van der Waals surface area contributed by atoms with E-state index >= 15 is 0 Å². The summed E-state index contributed by atoms with van der Waals surface area (Å²) in [5.74, 6) is -1.75. The molecule has 0 aliphatic carbocycles. The van der Waals surface area contributed by atoms with Crippen LogP contribution in [0, 0.1) is 0 Å². The van der Waals surface area contributed by atoms with Crippen molar-refractivity contribution in [1.82, 2.24) is 0 Å². The minimum absolute atomic E-state index is 0.134. The van der Waals surface area contributed by atoms with Gasteiger partial charge in [0.05, 0.1) is 5.56 Å². The second-order valence-corrected chi connectivity index (χ2v) is 6.90. The van der Waals surface area contributed by atoms with E-state index in [1.807, 2.05) is 0 Å². The summed E-state index contributed by atoms with van der Waals surface area (Å²) in [5.41, 5.74) is -0.0618. The third kappa shape index (κ3) is 4.61. The summed E-state index contributed by atoms with van der Waals surface area (Å²) in [6, 6.07) is 17.3. The van der Waals surface area contributed by atoms with E-state index in [0.29, 0.717) is 16.1 Å².